The van der Waals surface area contributed by atoms with Crippen LogP contribution >= 0.6 is 23.7 Å². The standard InChI is InChI=1S/C15H16N4OS.ClH/c16-15(6-3-7-15)14-17-13(20-18-14)12-5-1-8-19(12)10-11-4-2-9-21-11;/h1-2,4-5,8-9H,3,6-7,10,16H2;1H. The molecule has 1 fully saturated rings. The zero-order chi connectivity index (χ0) is 14.3. The number of halogens is 1. The molecule has 0 bridgehead atoms. The minimum Gasteiger partial charge on any atom is -0.338 e. The van der Waals surface area contributed by atoms with Crippen molar-refractivity contribution in [1.82, 2.24) is 14.7 Å². The van der Waals surface area contributed by atoms with E-state index in [1.165, 1.54) is 4.88 Å². The first-order chi connectivity index (χ1) is 10.2. The zero-order valence-corrected chi connectivity index (χ0v) is 13.6. The smallest absolute Gasteiger partial charge is 0.274 e. The second kappa shape index (κ2) is 5.87. The van der Waals surface area contributed by atoms with Gasteiger partial charge in [-0.05, 0) is 42.8 Å². The largest absolute Gasteiger partial charge is 0.338 e. The number of nitrogens with two attached hydrogens (primary N) is 1. The molecule has 0 aliphatic heterocycles. The Hall–Kier alpha value is -1.63. The van der Waals surface area contributed by atoms with Crippen LogP contribution in [-0.4, -0.2) is 14.7 Å². The lowest BCUT2D eigenvalue weighted by molar-refractivity contribution is 0.229. The molecule has 3 aromatic heterocycles. The predicted octanol–water partition coefficient (Wildman–Crippen LogP) is 3.41. The maximum atomic E-state index is 6.25. The lowest BCUT2D eigenvalue weighted by Crippen LogP contribution is -2.44. The summed E-state index contributed by atoms with van der Waals surface area (Å²) in [4.78, 5) is 5.81. The molecule has 0 saturated heterocycles. The Morgan fingerprint density at radius 1 is 1.32 bits per heavy atom. The highest BCUT2D eigenvalue weighted by molar-refractivity contribution is 7.09. The predicted molar refractivity (Wildman–Crippen MR) is 88.1 cm³/mol. The van der Waals surface area contributed by atoms with Gasteiger partial charge in [-0.15, -0.1) is 23.7 Å². The average molecular weight is 337 g/mol. The van der Waals surface area contributed by atoms with Crippen LogP contribution in [0.15, 0.2) is 40.4 Å². The first-order valence-corrected chi connectivity index (χ1v) is 7.94. The van der Waals surface area contributed by atoms with Gasteiger partial charge in [-0.3, -0.25) is 0 Å². The number of hydrogen-bond acceptors (Lipinski definition) is 5. The summed E-state index contributed by atoms with van der Waals surface area (Å²) in [5.74, 6) is 1.18. The van der Waals surface area contributed by atoms with Crippen LogP contribution in [0.2, 0.25) is 0 Å². The van der Waals surface area contributed by atoms with Gasteiger partial charge in [0.25, 0.3) is 5.89 Å². The van der Waals surface area contributed by atoms with E-state index in [-0.39, 0.29) is 17.9 Å². The van der Waals surface area contributed by atoms with Gasteiger partial charge in [-0.2, -0.15) is 4.98 Å². The Balaban J connectivity index is 0.00000144. The minimum absolute atomic E-state index is 0. The molecule has 0 atom stereocenters. The highest BCUT2D eigenvalue weighted by Gasteiger charge is 2.39. The van der Waals surface area contributed by atoms with Crippen LogP contribution in [0.4, 0.5) is 0 Å². The molecule has 116 valence electrons. The van der Waals surface area contributed by atoms with Crippen LogP contribution in [0, 0.1) is 0 Å². The fourth-order valence-electron chi connectivity index (χ4n) is 2.63. The summed E-state index contributed by atoms with van der Waals surface area (Å²) in [5.41, 5.74) is 6.80. The molecule has 0 unspecified atom stereocenters. The van der Waals surface area contributed by atoms with Gasteiger partial charge in [-0.25, -0.2) is 0 Å². The SMILES string of the molecule is Cl.NC1(c2noc(-c3cccn3Cc3cccs3)n2)CCC1. The van der Waals surface area contributed by atoms with E-state index in [1.807, 2.05) is 18.3 Å². The Labute approximate surface area is 138 Å². The molecule has 4 rings (SSSR count). The molecule has 1 aliphatic carbocycles. The molecule has 3 heterocycles. The average Bonchev–Trinajstić information content (AvgIpc) is 3.17. The highest BCUT2D eigenvalue weighted by Crippen LogP contribution is 2.37. The van der Waals surface area contributed by atoms with Gasteiger partial charge in [0.2, 0.25) is 0 Å². The number of nitrogens with zero attached hydrogens (tertiary/aromatic N) is 3. The summed E-state index contributed by atoms with van der Waals surface area (Å²) in [6.45, 7) is 0.811. The molecule has 22 heavy (non-hydrogen) atoms. The minimum atomic E-state index is -0.382. The van der Waals surface area contributed by atoms with Crippen molar-refractivity contribution < 1.29 is 4.52 Å². The van der Waals surface area contributed by atoms with Crippen LogP contribution in [0.5, 0.6) is 0 Å². The third-order valence-electron chi connectivity index (χ3n) is 4.07. The normalized spacial score (nSPS) is 16.0. The van der Waals surface area contributed by atoms with E-state index in [4.69, 9.17) is 10.3 Å². The lowest BCUT2D eigenvalue weighted by atomic mass is 9.77. The number of hydrogen-bond donors (Lipinski definition) is 1. The zero-order valence-electron chi connectivity index (χ0n) is 11.9. The molecule has 1 saturated carbocycles. The molecule has 0 aromatic carbocycles. The highest BCUT2D eigenvalue weighted by atomic mass is 35.5. The molecule has 7 heteroatoms. The molecule has 1 aliphatic rings. The first kappa shape index (κ1) is 15.3. The van der Waals surface area contributed by atoms with Crippen molar-refractivity contribution in [3.63, 3.8) is 0 Å². The van der Waals surface area contributed by atoms with Crippen molar-refractivity contribution in [2.24, 2.45) is 5.73 Å². The molecule has 0 amide bonds. The molecular weight excluding hydrogens is 320 g/mol. The van der Waals surface area contributed by atoms with Crippen LogP contribution in [0.3, 0.4) is 0 Å². The van der Waals surface area contributed by atoms with E-state index >= 15 is 0 Å². The third kappa shape index (κ3) is 2.58. The Morgan fingerprint density at radius 2 is 2.18 bits per heavy atom. The van der Waals surface area contributed by atoms with Crippen molar-refractivity contribution in [1.29, 1.82) is 0 Å². The van der Waals surface area contributed by atoms with Gasteiger partial charge in [-0.1, -0.05) is 11.2 Å². The van der Waals surface area contributed by atoms with Crippen molar-refractivity contribution in [3.8, 4) is 11.6 Å². The third-order valence-corrected chi connectivity index (χ3v) is 4.93. The quantitative estimate of drug-likeness (QED) is 0.792. The van der Waals surface area contributed by atoms with Crippen molar-refractivity contribution in [3.05, 3.63) is 46.5 Å². The summed E-state index contributed by atoms with van der Waals surface area (Å²) in [5, 5.41) is 6.16. The van der Waals surface area contributed by atoms with Crippen LogP contribution in [-0.2, 0) is 12.1 Å². The van der Waals surface area contributed by atoms with Gasteiger partial charge >= 0.3 is 0 Å². The van der Waals surface area contributed by atoms with E-state index in [1.54, 1.807) is 11.3 Å². The molecule has 0 spiro atoms. The van der Waals surface area contributed by atoms with Crippen LogP contribution < -0.4 is 5.73 Å². The summed E-state index contributed by atoms with van der Waals surface area (Å²) in [6.07, 6.45) is 5.03. The van der Waals surface area contributed by atoms with Crippen LogP contribution in [0.25, 0.3) is 11.6 Å². The maximum absolute atomic E-state index is 6.25. The Kier molecular flexibility index (Phi) is 4.08. The fourth-order valence-corrected chi connectivity index (χ4v) is 3.33. The summed E-state index contributed by atoms with van der Waals surface area (Å²) in [7, 11) is 0. The summed E-state index contributed by atoms with van der Waals surface area (Å²) in [6, 6.07) is 8.17. The van der Waals surface area contributed by atoms with E-state index in [0.717, 1.165) is 31.5 Å². The van der Waals surface area contributed by atoms with Crippen LogP contribution in [0.1, 0.15) is 30.0 Å². The molecule has 2 N–H and O–H groups in total. The first-order valence-electron chi connectivity index (χ1n) is 7.06. The Morgan fingerprint density at radius 3 is 2.86 bits per heavy atom. The number of aromatic nitrogens is 3. The van der Waals surface area contributed by atoms with E-state index in [9.17, 15) is 0 Å². The molecule has 0 radical (unpaired) electrons. The molecular formula is C15H17ClN4OS. The fraction of sp³-hybridized carbons (Fsp3) is 0.333. The Bertz CT molecular complexity index is 745. The van der Waals surface area contributed by atoms with Gasteiger partial charge in [0.15, 0.2) is 5.82 Å². The second-order valence-corrected chi connectivity index (χ2v) is 6.57. The van der Waals surface area contributed by atoms with E-state index < -0.39 is 0 Å². The second-order valence-electron chi connectivity index (χ2n) is 5.53. The van der Waals surface area contributed by atoms with Gasteiger partial charge < -0.3 is 14.8 Å². The van der Waals surface area contributed by atoms with Gasteiger partial charge in [0.1, 0.15) is 5.69 Å². The lowest BCUT2D eigenvalue weighted by Gasteiger charge is -2.34. The van der Waals surface area contributed by atoms with E-state index in [2.05, 4.69) is 32.2 Å². The topological polar surface area (TPSA) is 69.9 Å². The van der Waals surface area contributed by atoms with Gasteiger partial charge in [0, 0.05) is 11.1 Å². The number of rotatable bonds is 4. The maximum Gasteiger partial charge on any atom is 0.274 e. The van der Waals surface area contributed by atoms with Crippen molar-refractivity contribution in [2.75, 3.05) is 0 Å². The molecule has 5 nitrogen and oxygen atoms in total. The van der Waals surface area contributed by atoms with Gasteiger partial charge in [0.05, 0.1) is 12.1 Å². The number of thiophene rings is 1. The molecule has 3 aromatic rings. The monoisotopic (exact) mass is 336 g/mol. The summed E-state index contributed by atoms with van der Waals surface area (Å²) >= 11 is 1.74. The van der Waals surface area contributed by atoms with E-state index in [0.29, 0.717) is 11.7 Å². The van der Waals surface area contributed by atoms with Crippen molar-refractivity contribution in [2.45, 2.75) is 31.3 Å². The summed E-state index contributed by atoms with van der Waals surface area (Å²) < 4.78 is 7.55. The van der Waals surface area contributed by atoms with Crippen molar-refractivity contribution >= 4 is 23.7 Å².